The maximum atomic E-state index is 13.6. The van der Waals surface area contributed by atoms with Crippen molar-refractivity contribution < 1.29 is 23.8 Å². The summed E-state index contributed by atoms with van der Waals surface area (Å²) in [7, 11) is 0. The molecule has 3 saturated carbocycles. The van der Waals surface area contributed by atoms with Gasteiger partial charge in [-0.25, -0.2) is 4.39 Å². The molecule has 0 saturated heterocycles. The molecule has 2 aromatic carbocycles. The van der Waals surface area contributed by atoms with Gasteiger partial charge in [-0.15, -0.1) is 0 Å². The van der Waals surface area contributed by atoms with E-state index in [2.05, 4.69) is 10.6 Å². The summed E-state index contributed by atoms with van der Waals surface area (Å²) < 4.78 is 19.1. The van der Waals surface area contributed by atoms with Crippen molar-refractivity contribution in [1.29, 1.82) is 0 Å². The first kappa shape index (κ1) is 18.4. The Morgan fingerprint density at radius 2 is 1.75 bits per heavy atom. The Labute approximate surface area is 161 Å². The SMILES string of the molecule is O=C(COc1ccccc1C(=O)NC12CC(CO)(C1)C2)Nc1ccccc1F. The summed E-state index contributed by atoms with van der Waals surface area (Å²) >= 11 is 0. The monoisotopic (exact) mass is 384 g/mol. The molecular formula is C21H21FN2O4. The molecule has 7 heteroatoms. The first-order valence-electron chi connectivity index (χ1n) is 9.14. The van der Waals surface area contributed by atoms with E-state index in [-0.39, 0.29) is 41.5 Å². The molecule has 5 rings (SSSR count). The Morgan fingerprint density at radius 3 is 2.46 bits per heavy atom. The lowest BCUT2D eigenvalue weighted by Crippen LogP contribution is -2.75. The van der Waals surface area contributed by atoms with Crippen molar-refractivity contribution in [2.75, 3.05) is 18.5 Å². The molecule has 0 aromatic heterocycles. The zero-order chi connectivity index (χ0) is 19.8. The zero-order valence-corrected chi connectivity index (χ0v) is 15.2. The van der Waals surface area contributed by atoms with Crippen molar-refractivity contribution in [3.8, 4) is 5.75 Å². The number of rotatable bonds is 7. The molecule has 3 N–H and O–H groups in total. The van der Waals surface area contributed by atoms with Gasteiger partial charge >= 0.3 is 0 Å². The fraction of sp³-hybridized carbons (Fsp3) is 0.333. The summed E-state index contributed by atoms with van der Waals surface area (Å²) in [5.41, 5.74) is 0.177. The molecule has 0 unspecified atom stereocenters. The van der Waals surface area contributed by atoms with Crippen LogP contribution in [0.2, 0.25) is 0 Å². The van der Waals surface area contributed by atoms with Crippen LogP contribution < -0.4 is 15.4 Å². The summed E-state index contributed by atoms with van der Waals surface area (Å²) in [5.74, 6) is -1.04. The number of anilines is 1. The van der Waals surface area contributed by atoms with E-state index in [1.807, 2.05) is 0 Å². The molecule has 146 valence electrons. The fourth-order valence-electron chi connectivity index (χ4n) is 4.28. The molecule has 0 atom stereocenters. The van der Waals surface area contributed by atoms with Gasteiger partial charge in [-0.1, -0.05) is 24.3 Å². The van der Waals surface area contributed by atoms with Crippen LogP contribution >= 0.6 is 0 Å². The smallest absolute Gasteiger partial charge is 0.262 e. The number of hydrogen-bond acceptors (Lipinski definition) is 4. The zero-order valence-electron chi connectivity index (χ0n) is 15.2. The van der Waals surface area contributed by atoms with Crippen molar-refractivity contribution in [1.82, 2.24) is 5.32 Å². The highest BCUT2D eigenvalue weighted by Gasteiger charge is 2.68. The van der Waals surface area contributed by atoms with Gasteiger partial charge in [0.15, 0.2) is 6.61 Å². The second-order valence-electron chi connectivity index (χ2n) is 7.74. The molecule has 0 heterocycles. The Kier molecular flexibility index (Phi) is 4.55. The predicted octanol–water partition coefficient (Wildman–Crippen LogP) is 2.49. The van der Waals surface area contributed by atoms with E-state index in [1.165, 1.54) is 18.2 Å². The van der Waals surface area contributed by atoms with Gasteiger partial charge in [0.05, 0.1) is 11.3 Å². The first-order valence-corrected chi connectivity index (χ1v) is 9.14. The molecule has 6 nitrogen and oxygen atoms in total. The highest BCUT2D eigenvalue weighted by molar-refractivity contribution is 5.98. The molecule has 3 aliphatic carbocycles. The number of amides is 2. The van der Waals surface area contributed by atoms with E-state index >= 15 is 0 Å². The Balaban J connectivity index is 1.36. The van der Waals surface area contributed by atoms with Gasteiger partial charge in [0.25, 0.3) is 11.8 Å². The maximum Gasteiger partial charge on any atom is 0.262 e. The number of carbonyl (C=O) groups is 2. The van der Waals surface area contributed by atoms with E-state index in [1.54, 1.807) is 30.3 Å². The lowest BCUT2D eigenvalue weighted by molar-refractivity contribution is -0.172. The van der Waals surface area contributed by atoms with Crippen LogP contribution in [0, 0.1) is 11.2 Å². The third kappa shape index (κ3) is 3.33. The first-order chi connectivity index (χ1) is 13.4. The van der Waals surface area contributed by atoms with Gasteiger partial charge < -0.3 is 20.5 Å². The number of halogens is 1. The van der Waals surface area contributed by atoms with Crippen LogP contribution in [-0.2, 0) is 4.79 Å². The number of ether oxygens (including phenoxy) is 1. The van der Waals surface area contributed by atoms with Crippen LogP contribution in [0.3, 0.4) is 0 Å². The number of para-hydroxylation sites is 2. The van der Waals surface area contributed by atoms with E-state index in [0.29, 0.717) is 5.56 Å². The molecule has 0 aliphatic heterocycles. The second kappa shape index (κ2) is 6.91. The number of aliphatic hydroxyl groups excluding tert-OH is 1. The summed E-state index contributed by atoms with van der Waals surface area (Å²) in [6.45, 7) is -0.196. The Morgan fingerprint density at radius 1 is 1.07 bits per heavy atom. The average Bonchev–Trinajstić information content (AvgIpc) is 2.63. The third-order valence-corrected chi connectivity index (χ3v) is 5.49. The maximum absolute atomic E-state index is 13.6. The number of nitrogens with one attached hydrogen (secondary N) is 2. The molecule has 3 fully saturated rings. The van der Waals surface area contributed by atoms with Gasteiger partial charge in [0.1, 0.15) is 11.6 Å². The molecule has 0 spiro atoms. The van der Waals surface area contributed by atoms with Gasteiger partial charge in [-0.05, 0) is 43.5 Å². The average molecular weight is 384 g/mol. The standard InChI is InChI=1S/C21H21FN2O4/c22-15-6-2-3-7-16(15)23-18(26)9-28-17-8-4-1-5-14(17)19(27)24-21-10-20(11-21,12-21)13-25/h1-8,25H,9-13H2,(H,23,26)(H,24,27). The highest BCUT2D eigenvalue weighted by atomic mass is 19.1. The summed E-state index contributed by atoms with van der Waals surface area (Å²) in [5, 5.41) is 14.8. The fourth-order valence-corrected chi connectivity index (χ4v) is 4.28. The van der Waals surface area contributed by atoms with Gasteiger partial charge in [-0.3, -0.25) is 9.59 Å². The largest absolute Gasteiger partial charge is 0.483 e. The van der Waals surface area contributed by atoms with E-state index < -0.39 is 11.7 Å². The second-order valence-corrected chi connectivity index (χ2v) is 7.74. The van der Waals surface area contributed by atoms with Crippen molar-refractivity contribution >= 4 is 17.5 Å². The molecule has 2 bridgehead atoms. The van der Waals surface area contributed by atoms with Gasteiger partial charge in [0.2, 0.25) is 0 Å². The van der Waals surface area contributed by atoms with Gasteiger partial charge in [-0.2, -0.15) is 0 Å². The van der Waals surface area contributed by atoms with Crippen molar-refractivity contribution in [2.45, 2.75) is 24.8 Å². The van der Waals surface area contributed by atoms with Crippen molar-refractivity contribution in [3.63, 3.8) is 0 Å². The minimum absolute atomic E-state index is 0.00585. The number of carbonyl (C=O) groups excluding carboxylic acids is 2. The highest BCUT2D eigenvalue weighted by Crippen LogP contribution is 2.66. The Hall–Kier alpha value is -2.93. The minimum Gasteiger partial charge on any atom is -0.483 e. The van der Waals surface area contributed by atoms with E-state index in [4.69, 9.17) is 4.74 Å². The quantitative estimate of drug-likeness (QED) is 0.684. The van der Waals surface area contributed by atoms with E-state index in [9.17, 15) is 19.1 Å². The molecule has 28 heavy (non-hydrogen) atoms. The topological polar surface area (TPSA) is 87.7 Å². The van der Waals surface area contributed by atoms with Crippen LogP contribution in [0.25, 0.3) is 0 Å². The van der Waals surface area contributed by atoms with Crippen LogP contribution in [0.15, 0.2) is 48.5 Å². The van der Waals surface area contributed by atoms with Crippen molar-refractivity contribution in [3.05, 3.63) is 59.9 Å². The number of aliphatic hydroxyl groups is 1. The lowest BCUT2D eigenvalue weighted by atomic mass is 9.39. The van der Waals surface area contributed by atoms with Crippen LogP contribution in [0.4, 0.5) is 10.1 Å². The van der Waals surface area contributed by atoms with E-state index in [0.717, 1.165) is 19.3 Å². The summed E-state index contributed by atoms with van der Waals surface area (Å²) in [6.07, 6.45) is 2.36. The van der Waals surface area contributed by atoms with Crippen LogP contribution in [0.5, 0.6) is 5.75 Å². The van der Waals surface area contributed by atoms with Gasteiger partial charge in [0, 0.05) is 17.6 Å². The van der Waals surface area contributed by atoms with Crippen LogP contribution in [-0.4, -0.2) is 35.7 Å². The summed E-state index contributed by atoms with van der Waals surface area (Å²) in [4.78, 5) is 24.7. The molecule has 2 amide bonds. The van der Waals surface area contributed by atoms with Crippen LogP contribution in [0.1, 0.15) is 29.6 Å². The minimum atomic E-state index is -0.533. The Bertz CT molecular complexity index is 910. The molecule has 2 aromatic rings. The number of hydrogen-bond donors (Lipinski definition) is 3. The molecular weight excluding hydrogens is 363 g/mol. The predicted molar refractivity (Wildman–Crippen MR) is 101 cm³/mol. The summed E-state index contributed by atoms with van der Waals surface area (Å²) in [6, 6.07) is 12.5. The molecule has 3 aliphatic rings. The third-order valence-electron chi connectivity index (χ3n) is 5.49. The normalized spacial score (nSPS) is 24.5. The number of benzene rings is 2. The lowest BCUT2D eigenvalue weighted by Gasteiger charge is -2.70. The van der Waals surface area contributed by atoms with Crippen molar-refractivity contribution in [2.24, 2.45) is 5.41 Å². The molecule has 0 radical (unpaired) electrons.